The maximum atomic E-state index is 14.5. The molecule has 2 unspecified atom stereocenters. The summed E-state index contributed by atoms with van der Waals surface area (Å²) < 4.78 is 0. The molecule has 13 nitrogen and oxygen atoms in total. The van der Waals surface area contributed by atoms with Crippen LogP contribution < -0.4 is 21.3 Å². The molecule has 5 amide bonds. The van der Waals surface area contributed by atoms with E-state index in [1.165, 1.54) is 18.6 Å². The van der Waals surface area contributed by atoms with Crippen LogP contribution in [-0.2, 0) is 24.0 Å². The highest BCUT2D eigenvalue weighted by atomic mass is 16.2. The highest BCUT2D eigenvalue weighted by Crippen LogP contribution is 2.43. The highest BCUT2D eigenvalue weighted by molar-refractivity contribution is 6.38. The van der Waals surface area contributed by atoms with Crippen LogP contribution in [0.1, 0.15) is 104 Å². The third kappa shape index (κ3) is 9.35. The van der Waals surface area contributed by atoms with Crippen LogP contribution >= 0.6 is 0 Å². The number of fused-ring (bicyclic) bond motifs is 1. The zero-order valence-corrected chi connectivity index (χ0v) is 29.1. The Morgan fingerprint density at radius 2 is 1.57 bits per heavy atom. The summed E-state index contributed by atoms with van der Waals surface area (Å²) in [7, 11) is 0. The van der Waals surface area contributed by atoms with Gasteiger partial charge in [-0.1, -0.05) is 68.2 Å². The molecule has 0 radical (unpaired) electrons. The van der Waals surface area contributed by atoms with Crippen molar-refractivity contribution < 1.29 is 28.8 Å². The second-order valence-corrected chi connectivity index (χ2v) is 14.9. The molecule has 1 aromatic heterocycles. The van der Waals surface area contributed by atoms with Crippen LogP contribution in [-0.4, -0.2) is 87.4 Å². The Hall–Kier alpha value is -3.90. The van der Waals surface area contributed by atoms with Crippen LogP contribution in [0.4, 0.5) is 0 Å². The van der Waals surface area contributed by atoms with E-state index in [0.717, 1.165) is 19.3 Å². The first-order valence-electron chi connectivity index (χ1n) is 16.8. The van der Waals surface area contributed by atoms with Gasteiger partial charge in [-0.05, 0) is 48.3 Å². The van der Waals surface area contributed by atoms with E-state index < -0.39 is 70.3 Å². The van der Waals surface area contributed by atoms with Crippen molar-refractivity contribution in [3.05, 3.63) is 24.3 Å². The summed E-state index contributed by atoms with van der Waals surface area (Å²) in [5.74, 6) is -3.44. The number of carbonyl (C=O) groups is 6. The summed E-state index contributed by atoms with van der Waals surface area (Å²) in [5, 5.41) is 11.1. The number of aromatic nitrogens is 2. The van der Waals surface area contributed by atoms with Crippen molar-refractivity contribution in [2.24, 2.45) is 22.7 Å². The van der Waals surface area contributed by atoms with Crippen molar-refractivity contribution in [2.75, 3.05) is 13.1 Å². The second kappa shape index (κ2) is 15.8. The average Bonchev–Trinajstić information content (AvgIpc) is 3.61. The van der Waals surface area contributed by atoms with Crippen LogP contribution in [0.5, 0.6) is 0 Å². The van der Waals surface area contributed by atoms with Crippen LogP contribution in [0, 0.1) is 22.7 Å². The Bertz CT molecular complexity index is 1310. The van der Waals surface area contributed by atoms with Crippen molar-refractivity contribution in [2.45, 2.75) is 118 Å². The zero-order chi connectivity index (χ0) is 35.1. The lowest BCUT2D eigenvalue weighted by Crippen LogP contribution is -2.63. The number of ketones is 1. The van der Waals surface area contributed by atoms with Gasteiger partial charge in [0.25, 0.3) is 11.8 Å². The third-order valence-corrected chi connectivity index (χ3v) is 9.01. The summed E-state index contributed by atoms with van der Waals surface area (Å²) in [6, 6.07) is -3.91. The maximum absolute atomic E-state index is 14.5. The number of nitrogens with one attached hydrogen (secondary N) is 4. The standard InChI is InChI=1S/C34H53N7O6/c1-9-12-22(25(42)30(45)37-15-10-2)38-29(44)24-21-14-11-13-20(21)19-41(24)32(47)27(34(6,7)8)40-31(46)26(33(3,4)5)39-28(43)23-18-35-16-17-36-23/h16-18,20-22,24,26-27H,9-15,19H2,1-8H3,(H,37,45)(H,38,44)(H,39,43)(H,40,46)/t20-,21-,22-,24-,26?,27?/m0/s1. The lowest BCUT2D eigenvalue weighted by molar-refractivity contribution is -0.146. The molecule has 1 saturated heterocycles. The van der Waals surface area contributed by atoms with Gasteiger partial charge in [-0.2, -0.15) is 0 Å². The van der Waals surface area contributed by atoms with Crippen LogP contribution in [0.3, 0.4) is 0 Å². The molecule has 1 aromatic rings. The Morgan fingerprint density at radius 1 is 0.894 bits per heavy atom. The lowest BCUT2D eigenvalue weighted by atomic mass is 9.82. The number of rotatable bonds is 13. The van der Waals surface area contributed by atoms with Crippen molar-refractivity contribution in [1.82, 2.24) is 36.1 Å². The molecule has 2 heterocycles. The summed E-state index contributed by atoms with van der Waals surface area (Å²) >= 11 is 0. The lowest BCUT2D eigenvalue weighted by Gasteiger charge is -2.38. The van der Waals surface area contributed by atoms with E-state index in [2.05, 4.69) is 31.2 Å². The molecule has 2 fully saturated rings. The van der Waals surface area contributed by atoms with Crippen LogP contribution in [0.25, 0.3) is 0 Å². The molecular weight excluding hydrogens is 602 g/mol. The van der Waals surface area contributed by atoms with E-state index in [1.54, 1.807) is 25.7 Å². The minimum Gasteiger partial charge on any atom is -0.349 e. The normalized spacial score (nSPS) is 21.2. The Morgan fingerprint density at radius 3 is 2.15 bits per heavy atom. The number of nitrogens with zero attached hydrogens (tertiary/aromatic N) is 3. The van der Waals surface area contributed by atoms with E-state index >= 15 is 0 Å². The first kappa shape index (κ1) is 37.6. The molecule has 2 aliphatic rings. The number of Topliss-reactive ketones (excluding diaryl/α,β-unsaturated/α-hetero) is 1. The minimum atomic E-state index is -1.03. The molecule has 260 valence electrons. The molecule has 13 heteroatoms. The summed E-state index contributed by atoms with van der Waals surface area (Å²) in [4.78, 5) is 90.3. The molecule has 0 spiro atoms. The molecule has 6 atom stereocenters. The Labute approximate surface area is 278 Å². The highest BCUT2D eigenvalue weighted by Gasteiger charge is 2.52. The Balaban J connectivity index is 1.87. The largest absolute Gasteiger partial charge is 0.349 e. The fraction of sp³-hybridized carbons (Fsp3) is 0.706. The van der Waals surface area contributed by atoms with Gasteiger partial charge in [0.05, 0.1) is 12.2 Å². The van der Waals surface area contributed by atoms with Gasteiger partial charge in [0.2, 0.25) is 23.5 Å². The first-order chi connectivity index (χ1) is 22.0. The number of hydrogen-bond acceptors (Lipinski definition) is 8. The predicted molar refractivity (Wildman–Crippen MR) is 176 cm³/mol. The molecule has 0 aromatic carbocycles. The van der Waals surface area contributed by atoms with Gasteiger partial charge in [0.1, 0.15) is 23.8 Å². The van der Waals surface area contributed by atoms with E-state index in [-0.39, 0.29) is 24.0 Å². The van der Waals surface area contributed by atoms with E-state index in [4.69, 9.17) is 0 Å². The van der Waals surface area contributed by atoms with Gasteiger partial charge < -0.3 is 26.2 Å². The smallest absolute Gasteiger partial charge is 0.289 e. The molecule has 3 rings (SSSR count). The topological polar surface area (TPSA) is 180 Å². The van der Waals surface area contributed by atoms with E-state index in [9.17, 15) is 28.8 Å². The zero-order valence-electron chi connectivity index (χ0n) is 29.1. The minimum absolute atomic E-state index is 0.0539. The number of carbonyl (C=O) groups excluding carboxylic acids is 6. The van der Waals surface area contributed by atoms with Gasteiger partial charge in [-0.25, -0.2) is 4.98 Å². The van der Waals surface area contributed by atoms with Crippen molar-refractivity contribution >= 4 is 35.3 Å². The SMILES string of the molecule is CCCNC(=O)C(=O)[C@H](CCC)NC(=O)[C@@H]1[C@H]2CCC[C@H]2CN1C(=O)C(NC(=O)C(NC(=O)c1cnccn1)C(C)(C)C)C(C)(C)C. The average molecular weight is 656 g/mol. The third-order valence-electron chi connectivity index (χ3n) is 9.01. The number of likely N-dealkylation sites (tertiary alicyclic amines) is 1. The van der Waals surface area contributed by atoms with Gasteiger partial charge in [0, 0.05) is 25.5 Å². The fourth-order valence-electron chi connectivity index (χ4n) is 6.50. The predicted octanol–water partition coefficient (Wildman–Crippen LogP) is 2.16. The van der Waals surface area contributed by atoms with Gasteiger partial charge in [-0.15, -0.1) is 0 Å². The quantitative estimate of drug-likeness (QED) is 0.234. The maximum Gasteiger partial charge on any atom is 0.289 e. The van der Waals surface area contributed by atoms with Crippen molar-refractivity contribution in [3.63, 3.8) is 0 Å². The molecule has 1 aliphatic heterocycles. The fourth-order valence-corrected chi connectivity index (χ4v) is 6.50. The molecular formula is C34H53N7O6. The molecule has 1 aliphatic carbocycles. The van der Waals surface area contributed by atoms with Crippen LogP contribution in [0.2, 0.25) is 0 Å². The second-order valence-electron chi connectivity index (χ2n) is 14.9. The van der Waals surface area contributed by atoms with Gasteiger partial charge in [0.15, 0.2) is 0 Å². The summed E-state index contributed by atoms with van der Waals surface area (Å²) in [5.41, 5.74) is -1.44. The van der Waals surface area contributed by atoms with Crippen LogP contribution in [0.15, 0.2) is 18.6 Å². The van der Waals surface area contributed by atoms with E-state index in [1.807, 2.05) is 34.6 Å². The van der Waals surface area contributed by atoms with Gasteiger partial charge >= 0.3 is 0 Å². The molecule has 0 bridgehead atoms. The molecule has 1 saturated carbocycles. The van der Waals surface area contributed by atoms with Gasteiger partial charge in [-0.3, -0.25) is 33.8 Å². The summed E-state index contributed by atoms with van der Waals surface area (Å²) in [6.45, 7) is 15.4. The number of amides is 5. The van der Waals surface area contributed by atoms with Crippen molar-refractivity contribution in [3.8, 4) is 0 Å². The summed E-state index contributed by atoms with van der Waals surface area (Å²) in [6.07, 6.45) is 8.19. The van der Waals surface area contributed by atoms with Crippen molar-refractivity contribution in [1.29, 1.82) is 0 Å². The monoisotopic (exact) mass is 655 g/mol. The molecule has 4 N–H and O–H groups in total. The van der Waals surface area contributed by atoms with E-state index in [0.29, 0.717) is 25.9 Å². The molecule has 47 heavy (non-hydrogen) atoms. The number of hydrogen-bond donors (Lipinski definition) is 4. The Kier molecular flexibility index (Phi) is 12.6. The first-order valence-corrected chi connectivity index (χ1v) is 16.8.